The summed E-state index contributed by atoms with van der Waals surface area (Å²) in [4.78, 5) is 4.19. The zero-order valence-electron chi connectivity index (χ0n) is 11.0. The van der Waals surface area contributed by atoms with Crippen LogP contribution in [0.25, 0.3) is 0 Å². The molecule has 0 bridgehead atoms. The van der Waals surface area contributed by atoms with Gasteiger partial charge in [0.05, 0.1) is 12.3 Å². The van der Waals surface area contributed by atoms with Gasteiger partial charge in [0.2, 0.25) is 0 Å². The summed E-state index contributed by atoms with van der Waals surface area (Å²) in [7, 11) is 0. The second-order valence-electron chi connectivity index (χ2n) is 4.56. The summed E-state index contributed by atoms with van der Waals surface area (Å²) in [5.74, 6) is 0.793. The first-order valence-electron chi connectivity index (χ1n) is 6.20. The van der Waals surface area contributed by atoms with Gasteiger partial charge in [0.1, 0.15) is 12.2 Å². The van der Waals surface area contributed by atoms with E-state index in [-0.39, 0.29) is 6.04 Å². The molecule has 2 rings (SSSR count). The quantitative estimate of drug-likeness (QED) is 0.868. The lowest BCUT2D eigenvalue weighted by Gasteiger charge is -2.12. The maximum Gasteiger partial charge on any atom is 0.138 e. The molecule has 18 heavy (non-hydrogen) atoms. The molecule has 0 spiro atoms. The summed E-state index contributed by atoms with van der Waals surface area (Å²) in [5, 5.41) is 18.5. The van der Waals surface area contributed by atoms with Crippen LogP contribution in [0, 0.1) is 0 Å². The molecule has 0 aliphatic rings. The second kappa shape index (κ2) is 5.30. The van der Waals surface area contributed by atoms with Gasteiger partial charge in [-0.05, 0) is 20.8 Å². The van der Waals surface area contributed by atoms with Gasteiger partial charge in [-0.15, -0.1) is 0 Å². The molecule has 0 amide bonds. The van der Waals surface area contributed by atoms with Crippen LogP contribution >= 0.6 is 0 Å². The number of aliphatic hydroxyl groups excluding tert-OH is 1. The Labute approximate surface area is 106 Å². The van der Waals surface area contributed by atoms with E-state index >= 15 is 0 Å². The van der Waals surface area contributed by atoms with Crippen LogP contribution in [0.5, 0.6) is 0 Å². The number of hydrogen-bond donors (Lipinski definition) is 1. The molecule has 1 atom stereocenters. The molecule has 6 nitrogen and oxygen atoms in total. The molecule has 0 radical (unpaired) electrons. The molecule has 0 saturated heterocycles. The molecule has 2 heterocycles. The van der Waals surface area contributed by atoms with Crippen molar-refractivity contribution in [1.29, 1.82) is 0 Å². The molecular weight excluding hydrogens is 230 g/mol. The van der Waals surface area contributed by atoms with Gasteiger partial charge < -0.3 is 5.11 Å². The third-order valence-corrected chi connectivity index (χ3v) is 2.87. The maximum atomic E-state index is 10.2. The summed E-state index contributed by atoms with van der Waals surface area (Å²) in [6, 6.07) is 0.244. The van der Waals surface area contributed by atoms with Gasteiger partial charge in [0.15, 0.2) is 0 Å². The Bertz CT molecular complexity index is 502. The Morgan fingerprint density at radius 2 is 2.11 bits per heavy atom. The molecule has 0 saturated carbocycles. The molecule has 0 fully saturated rings. The Balaban J connectivity index is 2.11. The van der Waals surface area contributed by atoms with E-state index in [0.29, 0.717) is 6.42 Å². The van der Waals surface area contributed by atoms with Crippen LogP contribution < -0.4 is 0 Å². The average molecular weight is 249 g/mol. The van der Waals surface area contributed by atoms with Crippen molar-refractivity contribution in [3.8, 4) is 0 Å². The van der Waals surface area contributed by atoms with Gasteiger partial charge in [-0.3, -0.25) is 4.68 Å². The van der Waals surface area contributed by atoms with Crippen molar-refractivity contribution >= 4 is 0 Å². The Morgan fingerprint density at radius 1 is 1.33 bits per heavy atom. The first-order valence-corrected chi connectivity index (χ1v) is 6.20. The minimum absolute atomic E-state index is 0.244. The fourth-order valence-corrected chi connectivity index (χ4v) is 1.87. The Kier molecular flexibility index (Phi) is 3.76. The highest BCUT2D eigenvalue weighted by atomic mass is 16.3. The first kappa shape index (κ1) is 12.8. The lowest BCUT2D eigenvalue weighted by Crippen LogP contribution is -2.12. The van der Waals surface area contributed by atoms with Crippen molar-refractivity contribution in [3.63, 3.8) is 0 Å². The number of aliphatic hydroxyl groups is 1. The number of rotatable bonds is 5. The molecule has 6 heteroatoms. The Morgan fingerprint density at radius 3 is 2.72 bits per heavy atom. The van der Waals surface area contributed by atoms with E-state index in [1.807, 2.05) is 31.6 Å². The van der Waals surface area contributed by atoms with Gasteiger partial charge in [-0.2, -0.15) is 10.2 Å². The van der Waals surface area contributed by atoms with Gasteiger partial charge in [-0.1, -0.05) is 0 Å². The second-order valence-corrected chi connectivity index (χ2v) is 4.56. The van der Waals surface area contributed by atoms with E-state index < -0.39 is 6.10 Å². The molecule has 1 N–H and O–H groups in total. The van der Waals surface area contributed by atoms with Crippen LogP contribution in [0.15, 0.2) is 18.7 Å². The maximum absolute atomic E-state index is 10.2. The highest BCUT2D eigenvalue weighted by Crippen LogP contribution is 2.17. The van der Waals surface area contributed by atoms with Gasteiger partial charge in [0, 0.05) is 30.8 Å². The first-order chi connectivity index (χ1) is 8.61. The molecule has 2 aromatic heterocycles. The van der Waals surface area contributed by atoms with Crippen molar-refractivity contribution < 1.29 is 5.11 Å². The van der Waals surface area contributed by atoms with Crippen molar-refractivity contribution in [2.75, 3.05) is 0 Å². The van der Waals surface area contributed by atoms with Gasteiger partial charge in [-0.25, -0.2) is 9.67 Å². The van der Waals surface area contributed by atoms with E-state index in [2.05, 4.69) is 15.2 Å². The van der Waals surface area contributed by atoms with Gasteiger partial charge in [0.25, 0.3) is 0 Å². The van der Waals surface area contributed by atoms with Crippen LogP contribution in [0.1, 0.15) is 44.3 Å². The van der Waals surface area contributed by atoms with E-state index in [1.54, 1.807) is 10.9 Å². The minimum Gasteiger partial charge on any atom is -0.388 e. The molecule has 0 aliphatic heterocycles. The molecule has 2 aromatic rings. The number of hydrogen-bond acceptors (Lipinski definition) is 4. The number of nitrogens with zero attached hydrogens (tertiary/aromatic N) is 5. The fraction of sp³-hybridized carbons (Fsp3) is 0.583. The lowest BCUT2D eigenvalue weighted by atomic mass is 10.1. The van der Waals surface area contributed by atoms with Crippen molar-refractivity contribution in [3.05, 3.63) is 30.1 Å². The van der Waals surface area contributed by atoms with Crippen LogP contribution in [0.4, 0.5) is 0 Å². The number of aromatic nitrogens is 5. The van der Waals surface area contributed by atoms with Crippen molar-refractivity contribution in [2.45, 2.75) is 45.9 Å². The largest absolute Gasteiger partial charge is 0.388 e. The third-order valence-electron chi connectivity index (χ3n) is 2.87. The smallest absolute Gasteiger partial charge is 0.138 e. The van der Waals surface area contributed by atoms with Gasteiger partial charge >= 0.3 is 0 Å². The minimum atomic E-state index is -0.591. The number of aryl methyl sites for hydroxylation is 1. The molecular formula is C12H19N5O. The third kappa shape index (κ3) is 2.59. The van der Waals surface area contributed by atoms with Crippen LogP contribution in [-0.4, -0.2) is 29.7 Å². The van der Waals surface area contributed by atoms with Crippen LogP contribution in [-0.2, 0) is 13.0 Å². The lowest BCUT2D eigenvalue weighted by molar-refractivity contribution is 0.173. The highest BCUT2D eigenvalue weighted by Gasteiger charge is 2.15. The summed E-state index contributed by atoms with van der Waals surface area (Å²) in [6.07, 6.45) is 4.95. The molecule has 0 aromatic carbocycles. The fourth-order valence-electron chi connectivity index (χ4n) is 1.87. The summed E-state index contributed by atoms with van der Waals surface area (Å²) in [6.45, 7) is 6.90. The topological polar surface area (TPSA) is 68.8 Å². The highest BCUT2D eigenvalue weighted by molar-refractivity contribution is 5.10. The van der Waals surface area contributed by atoms with E-state index in [4.69, 9.17) is 0 Å². The standard InChI is InChI=1S/C12H19N5O/c1-4-16-7-10(6-14-16)11(18)5-12-13-8-15-17(12)9(2)3/h6-9,11,18H,4-5H2,1-3H3. The van der Waals surface area contributed by atoms with Crippen LogP contribution in [0.3, 0.4) is 0 Å². The monoisotopic (exact) mass is 249 g/mol. The zero-order chi connectivity index (χ0) is 13.1. The summed E-state index contributed by atoms with van der Waals surface area (Å²) in [5.41, 5.74) is 0.815. The Hall–Kier alpha value is -1.69. The summed E-state index contributed by atoms with van der Waals surface area (Å²) < 4.78 is 3.62. The predicted molar refractivity (Wildman–Crippen MR) is 67.0 cm³/mol. The van der Waals surface area contributed by atoms with Crippen molar-refractivity contribution in [2.24, 2.45) is 0 Å². The average Bonchev–Trinajstić information content (AvgIpc) is 2.96. The molecule has 1 unspecified atom stereocenters. The molecule has 98 valence electrons. The summed E-state index contributed by atoms with van der Waals surface area (Å²) >= 11 is 0. The molecule has 0 aliphatic carbocycles. The normalized spacial score (nSPS) is 13.2. The predicted octanol–water partition coefficient (Wildman–Crippen LogP) is 1.35. The van der Waals surface area contributed by atoms with E-state index in [0.717, 1.165) is 17.9 Å². The van der Waals surface area contributed by atoms with Crippen molar-refractivity contribution in [1.82, 2.24) is 24.5 Å². The zero-order valence-corrected chi connectivity index (χ0v) is 11.0. The SMILES string of the molecule is CCn1cc(C(O)Cc2ncnn2C(C)C)cn1. The van der Waals surface area contributed by atoms with Crippen LogP contribution in [0.2, 0.25) is 0 Å². The van der Waals surface area contributed by atoms with E-state index in [9.17, 15) is 5.11 Å². The van der Waals surface area contributed by atoms with E-state index in [1.165, 1.54) is 6.33 Å².